The van der Waals surface area contributed by atoms with Crippen molar-refractivity contribution in [2.75, 3.05) is 14.1 Å². The Morgan fingerprint density at radius 2 is 2.08 bits per heavy atom. The monoisotopic (exact) mass is 177 g/mol. The van der Waals surface area contributed by atoms with E-state index in [-0.39, 0.29) is 6.23 Å². The lowest BCUT2D eigenvalue weighted by Gasteiger charge is -2.30. The van der Waals surface area contributed by atoms with E-state index < -0.39 is 0 Å². The zero-order valence-electron chi connectivity index (χ0n) is 8.16. The second-order valence-electron chi connectivity index (χ2n) is 3.68. The fourth-order valence-electron chi connectivity index (χ4n) is 1.67. The van der Waals surface area contributed by atoms with Crippen LogP contribution in [-0.4, -0.2) is 25.2 Å². The highest BCUT2D eigenvalue weighted by Gasteiger charge is 2.20. The number of aryl methyl sites for hydroxylation is 1. The van der Waals surface area contributed by atoms with Crippen molar-refractivity contribution >= 4 is 0 Å². The summed E-state index contributed by atoms with van der Waals surface area (Å²) in [6.45, 7) is 0. The van der Waals surface area contributed by atoms with Crippen molar-refractivity contribution in [1.82, 2.24) is 4.90 Å². The lowest BCUT2D eigenvalue weighted by molar-refractivity contribution is 0.0459. The van der Waals surface area contributed by atoms with Crippen LogP contribution in [0.4, 0.5) is 0 Å². The maximum Gasteiger partial charge on any atom is 0.152 e. The minimum absolute atomic E-state index is 0.245. The molecule has 2 nitrogen and oxygen atoms in total. The normalized spacial score (nSPS) is 21.0. The first-order valence-electron chi connectivity index (χ1n) is 4.68. The molecule has 2 heteroatoms. The molecule has 1 aromatic rings. The predicted molar refractivity (Wildman–Crippen MR) is 52.9 cm³/mol. The van der Waals surface area contributed by atoms with Crippen LogP contribution in [0.1, 0.15) is 12.0 Å². The average molecular weight is 177 g/mol. The van der Waals surface area contributed by atoms with Crippen LogP contribution in [0.2, 0.25) is 0 Å². The first-order chi connectivity index (χ1) is 6.27. The largest absolute Gasteiger partial charge is 0.475 e. The Morgan fingerprint density at radius 3 is 2.85 bits per heavy atom. The molecule has 13 heavy (non-hydrogen) atoms. The summed E-state index contributed by atoms with van der Waals surface area (Å²) in [5, 5.41) is 0. The standard InChI is InChI=1S/C11H15NO/c1-12(2)11-8-7-9-5-3-4-6-10(9)13-11/h3-6,11H,7-8H2,1-2H3. The van der Waals surface area contributed by atoms with E-state index in [0.717, 1.165) is 18.6 Å². The van der Waals surface area contributed by atoms with Gasteiger partial charge in [-0.2, -0.15) is 0 Å². The number of rotatable bonds is 1. The summed E-state index contributed by atoms with van der Waals surface area (Å²) in [7, 11) is 4.11. The fourth-order valence-corrected chi connectivity index (χ4v) is 1.67. The SMILES string of the molecule is CN(C)C1CCc2ccccc2O1. The molecule has 0 saturated heterocycles. The Labute approximate surface area is 79.1 Å². The number of ether oxygens (including phenoxy) is 1. The molecule has 1 atom stereocenters. The van der Waals surface area contributed by atoms with Gasteiger partial charge in [-0.25, -0.2) is 0 Å². The molecule has 70 valence electrons. The van der Waals surface area contributed by atoms with Gasteiger partial charge in [0.2, 0.25) is 0 Å². The lowest BCUT2D eigenvalue weighted by Crippen LogP contribution is -2.36. The quantitative estimate of drug-likeness (QED) is 0.649. The van der Waals surface area contributed by atoms with E-state index in [1.165, 1.54) is 5.56 Å². The third-order valence-electron chi connectivity index (χ3n) is 2.47. The fraction of sp³-hybridized carbons (Fsp3) is 0.455. The number of para-hydroxylation sites is 1. The van der Waals surface area contributed by atoms with Gasteiger partial charge in [0, 0.05) is 6.42 Å². The summed E-state index contributed by atoms with van der Waals surface area (Å²) in [6.07, 6.45) is 2.46. The molecule has 0 saturated carbocycles. The van der Waals surface area contributed by atoms with E-state index in [2.05, 4.69) is 31.1 Å². The van der Waals surface area contributed by atoms with Crippen LogP contribution in [0.25, 0.3) is 0 Å². The van der Waals surface area contributed by atoms with Gasteiger partial charge in [0.15, 0.2) is 6.23 Å². The molecule has 0 aliphatic carbocycles. The first kappa shape index (κ1) is 8.57. The molecule has 2 rings (SSSR count). The van der Waals surface area contributed by atoms with E-state index in [0.29, 0.717) is 0 Å². The molecular formula is C11H15NO. The summed E-state index contributed by atoms with van der Waals surface area (Å²) in [5.74, 6) is 1.05. The molecule has 0 aromatic heterocycles. The zero-order valence-corrected chi connectivity index (χ0v) is 8.16. The molecule has 0 spiro atoms. The molecule has 0 amide bonds. The van der Waals surface area contributed by atoms with Gasteiger partial charge >= 0.3 is 0 Å². The van der Waals surface area contributed by atoms with Crippen molar-refractivity contribution in [3.8, 4) is 5.75 Å². The van der Waals surface area contributed by atoms with Crippen LogP contribution in [0, 0.1) is 0 Å². The van der Waals surface area contributed by atoms with Gasteiger partial charge in [0.25, 0.3) is 0 Å². The van der Waals surface area contributed by atoms with Crippen LogP contribution in [0.5, 0.6) is 5.75 Å². The molecule has 0 N–H and O–H groups in total. The second-order valence-corrected chi connectivity index (χ2v) is 3.68. The van der Waals surface area contributed by atoms with Crippen molar-refractivity contribution in [2.45, 2.75) is 19.1 Å². The van der Waals surface area contributed by atoms with Gasteiger partial charge in [-0.05, 0) is 32.1 Å². The smallest absolute Gasteiger partial charge is 0.152 e. The minimum atomic E-state index is 0.245. The van der Waals surface area contributed by atoms with E-state index in [1.807, 2.05) is 12.1 Å². The Morgan fingerprint density at radius 1 is 1.31 bits per heavy atom. The summed E-state index contributed by atoms with van der Waals surface area (Å²) in [5.41, 5.74) is 1.33. The first-order valence-corrected chi connectivity index (χ1v) is 4.68. The highest BCUT2D eigenvalue weighted by Crippen LogP contribution is 2.27. The third kappa shape index (κ3) is 1.68. The number of nitrogens with zero attached hydrogens (tertiary/aromatic N) is 1. The predicted octanol–water partition coefficient (Wildman–Crippen LogP) is 1.90. The van der Waals surface area contributed by atoms with Gasteiger partial charge in [-0.15, -0.1) is 0 Å². The van der Waals surface area contributed by atoms with Crippen molar-refractivity contribution < 1.29 is 4.74 Å². The number of fused-ring (bicyclic) bond motifs is 1. The topological polar surface area (TPSA) is 12.5 Å². The Bertz CT molecular complexity index is 296. The van der Waals surface area contributed by atoms with Gasteiger partial charge in [-0.1, -0.05) is 18.2 Å². The van der Waals surface area contributed by atoms with Crippen LogP contribution < -0.4 is 4.74 Å². The summed E-state index contributed by atoms with van der Waals surface area (Å²) in [6, 6.07) is 8.28. The highest BCUT2D eigenvalue weighted by molar-refractivity contribution is 5.34. The number of benzene rings is 1. The van der Waals surface area contributed by atoms with Crippen LogP contribution >= 0.6 is 0 Å². The van der Waals surface area contributed by atoms with Crippen molar-refractivity contribution in [3.63, 3.8) is 0 Å². The summed E-state index contributed by atoms with van der Waals surface area (Å²) in [4.78, 5) is 2.12. The van der Waals surface area contributed by atoms with Crippen molar-refractivity contribution in [2.24, 2.45) is 0 Å². The van der Waals surface area contributed by atoms with E-state index in [4.69, 9.17) is 4.74 Å². The molecular weight excluding hydrogens is 162 g/mol. The third-order valence-corrected chi connectivity index (χ3v) is 2.47. The Kier molecular flexibility index (Phi) is 2.23. The maximum absolute atomic E-state index is 5.82. The second kappa shape index (κ2) is 3.38. The molecule has 0 fully saturated rings. The van der Waals surface area contributed by atoms with Gasteiger partial charge in [-0.3, -0.25) is 4.90 Å². The number of hydrogen-bond acceptors (Lipinski definition) is 2. The molecule has 1 unspecified atom stereocenters. The zero-order chi connectivity index (χ0) is 9.26. The van der Waals surface area contributed by atoms with Crippen LogP contribution in [-0.2, 0) is 6.42 Å². The lowest BCUT2D eigenvalue weighted by atomic mass is 10.1. The molecule has 1 heterocycles. The van der Waals surface area contributed by atoms with Gasteiger partial charge in [0.05, 0.1) is 0 Å². The molecule has 1 aliphatic heterocycles. The highest BCUT2D eigenvalue weighted by atomic mass is 16.5. The summed E-state index contributed by atoms with van der Waals surface area (Å²) < 4.78 is 5.82. The molecule has 0 bridgehead atoms. The van der Waals surface area contributed by atoms with E-state index in [9.17, 15) is 0 Å². The summed E-state index contributed by atoms with van der Waals surface area (Å²) >= 11 is 0. The Hall–Kier alpha value is -1.02. The van der Waals surface area contributed by atoms with Crippen LogP contribution in [0.3, 0.4) is 0 Å². The molecule has 1 aliphatic rings. The van der Waals surface area contributed by atoms with Crippen LogP contribution in [0.15, 0.2) is 24.3 Å². The average Bonchev–Trinajstić information content (AvgIpc) is 2.17. The Balaban J connectivity index is 2.20. The van der Waals surface area contributed by atoms with Crippen molar-refractivity contribution in [1.29, 1.82) is 0 Å². The van der Waals surface area contributed by atoms with Gasteiger partial charge < -0.3 is 4.74 Å². The maximum atomic E-state index is 5.82. The van der Waals surface area contributed by atoms with Gasteiger partial charge in [0.1, 0.15) is 5.75 Å². The minimum Gasteiger partial charge on any atom is -0.475 e. The molecule has 0 radical (unpaired) electrons. The van der Waals surface area contributed by atoms with E-state index in [1.54, 1.807) is 0 Å². The van der Waals surface area contributed by atoms with E-state index >= 15 is 0 Å². The molecule has 1 aromatic carbocycles. The van der Waals surface area contributed by atoms with Crippen molar-refractivity contribution in [3.05, 3.63) is 29.8 Å². The number of hydrogen-bond donors (Lipinski definition) is 0.